The van der Waals surface area contributed by atoms with Crippen LogP contribution in [0.1, 0.15) is 18.1 Å². The lowest BCUT2D eigenvalue weighted by Gasteiger charge is -2.26. The van der Waals surface area contributed by atoms with Crippen LogP contribution in [0.15, 0.2) is 51.4 Å². The third-order valence-electron chi connectivity index (χ3n) is 3.31. The van der Waals surface area contributed by atoms with E-state index in [2.05, 4.69) is 44.0 Å². The Labute approximate surface area is 136 Å². The van der Waals surface area contributed by atoms with Crippen LogP contribution in [0.5, 0.6) is 5.75 Å². The summed E-state index contributed by atoms with van der Waals surface area (Å²) in [7, 11) is 1.67. The first-order valence-corrected chi connectivity index (χ1v) is 7.88. The van der Waals surface area contributed by atoms with Crippen LogP contribution in [0.2, 0.25) is 0 Å². The average Bonchev–Trinajstić information content (AvgIpc) is 2.41. The Bertz CT molecular complexity index is 594. The molecule has 0 amide bonds. The molecule has 2 aromatic rings. The van der Waals surface area contributed by atoms with Crippen LogP contribution < -0.4 is 10.5 Å². The van der Waals surface area contributed by atoms with Crippen molar-refractivity contribution in [2.24, 2.45) is 5.73 Å². The molecule has 0 fully saturated rings. The second kappa shape index (κ2) is 6.29. The van der Waals surface area contributed by atoms with Gasteiger partial charge in [-0.25, -0.2) is 0 Å². The number of nitrogens with two attached hydrogens (primary N) is 1. The van der Waals surface area contributed by atoms with Crippen molar-refractivity contribution >= 4 is 31.9 Å². The number of rotatable bonds is 4. The maximum atomic E-state index is 6.50. The Kier molecular flexibility index (Phi) is 4.89. The second-order valence-electron chi connectivity index (χ2n) is 5.06. The Hall–Kier alpha value is -0.840. The summed E-state index contributed by atoms with van der Waals surface area (Å²) in [5, 5.41) is 0. The molecule has 2 aromatic carbocycles. The normalized spacial score (nSPS) is 13.8. The fourth-order valence-electron chi connectivity index (χ4n) is 2.14. The summed E-state index contributed by atoms with van der Waals surface area (Å²) in [6.07, 6.45) is 0.729. The molecule has 4 heteroatoms. The van der Waals surface area contributed by atoms with Gasteiger partial charge in [-0.2, -0.15) is 0 Å². The van der Waals surface area contributed by atoms with E-state index in [-0.39, 0.29) is 0 Å². The van der Waals surface area contributed by atoms with Gasteiger partial charge < -0.3 is 10.5 Å². The van der Waals surface area contributed by atoms with Crippen molar-refractivity contribution in [3.05, 3.63) is 62.5 Å². The van der Waals surface area contributed by atoms with E-state index in [0.717, 1.165) is 32.2 Å². The van der Waals surface area contributed by atoms with E-state index in [1.54, 1.807) is 7.11 Å². The third-order valence-corrected chi connectivity index (χ3v) is 4.62. The van der Waals surface area contributed by atoms with E-state index in [4.69, 9.17) is 10.5 Å². The zero-order valence-electron chi connectivity index (χ0n) is 11.5. The largest absolute Gasteiger partial charge is 0.497 e. The van der Waals surface area contributed by atoms with E-state index in [1.165, 1.54) is 0 Å². The molecule has 0 aliphatic carbocycles. The van der Waals surface area contributed by atoms with E-state index >= 15 is 0 Å². The molecular formula is C16H17Br2NO. The molecule has 2 nitrogen and oxygen atoms in total. The molecule has 0 heterocycles. The summed E-state index contributed by atoms with van der Waals surface area (Å²) in [5.74, 6) is 0.842. The van der Waals surface area contributed by atoms with Gasteiger partial charge in [0.25, 0.3) is 0 Å². The van der Waals surface area contributed by atoms with Crippen LogP contribution in [0.4, 0.5) is 0 Å². The van der Waals surface area contributed by atoms with E-state index in [1.807, 2.05) is 37.3 Å². The topological polar surface area (TPSA) is 35.2 Å². The first-order valence-electron chi connectivity index (χ1n) is 6.30. The van der Waals surface area contributed by atoms with Crippen molar-refractivity contribution in [3.8, 4) is 5.75 Å². The predicted molar refractivity (Wildman–Crippen MR) is 90.1 cm³/mol. The molecule has 0 aliphatic rings. The first kappa shape index (κ1) is 15.5. The number of ether oxygens (including phenoxy) is 1. The van der Waals surface area contributed by atoms with Crippen molar-refractivity contribution in [2.45, 2.75) is 18.9 Å². The molecule has 106 valence electrons. The molecule has 0 aliphatic heterocycles. The van der Waals surface area contributed by atoms with Crippen molar-refractivity contribution in [3.63, 3.8) is 0 Å². The summed E-state index contributed by atoms with van der Waals surface area (Å²) in [5.41, 5.74) is 8.31. The molecule has 2 N–H and O–H groups in total. The highest BCUT2D eigenvalue weighted by molar-refractivity contribution is 9.10. The molecule has 0 saturated carbocycles. The smallest absolute Gasteiger partial charge is 0.119 e. The van der Waals surface area contributed by atoms with Crippen LogP contribution in [-0.4, -0.2) is 7.11 Å². The molecule has 1 atom stereocenters. The van der Waals surface area contributed by atoms with Gasteiger partial charge >= 0.3 is 0 Å². The molecule has 0 saturated heterocycles. The lowest BCUT2D eigenvalue weighted by atomic mass is 9.86. The highest BCUT2D eigenvalue weighted by Crippen LogP contribution is 2.30. The zero-order valence-corrected chi connectivity index (χ0v) is 14.7. The lowest BCUT2D eigenvalue weighted by molar-refractivity contribution is 0.413. The number of halogens is 2. The molecule has 1 unspecified atom stereocenters. The quantitative estimate of drug-likeness (QED) is 0.814. The van der Waals surface area contributed by atoms with Crippen LogP contribution in [0.3, 0.4) is 0 Å². The van der Waals surface area contributed by atoms with Crippen LogP contribution in [0.25, 0.3) is 0 Å². The van der Waals surface area contributed by atoms with Gasteiger partial charge in [-0.15, -0.1) is 0 Å². The van der Waals surface area contributed by atoms with E-state index < -0.39 is 5.54 Å². The lowest BCUT2D eigenvalue weighted by Crippen LogP contribution is -2.35. The number of hydrogen-bond acceptors (Lipinski definition) is 2. The summed E-state index contributed by atoms with van der Waals surface area (Å²) in [6, 6.07) is 14.1. The average molecular weight is 399 g/mol. The Morgan fingerprint density at radius 3 is 2.35 bits per heavy atom. The maximum absolute atomic E-state index is 6.50. The van der Waals surface area contributed by atoms with Crippen molar-refractivity contribution in [2.75, 3.05) is 7.11 Å². The van der Waals surface area contributed by atoms with Crippen molar-refractivity contribution in [1.29, 1.82) is 0 Å². The summed E-state index contributed by atoms with van der Waals surface area (Å²) < 4.78 is 7.38. The van der Waals surface area contributed by atoms with Gasteiger partial charge in [0.1, 0.15) is 5.75 Å². The van der Waals surface area contributed by atoms with Gasteiger partial charge in [0.15, 0.2) is 0 Å². The predicted octanol–water partition coefficient (Wildman–Crippen LogP) is 4.64. The Balaban J connectivity index is 2.29. The standard InChI is InChI=1S/C16H17Br2NO/c1-16(19,12-3-5-13(17)6-4-12)10-11-9-14(20-2)7-8-15(11)18/h3-9H,10,19H2,1-2H3. The van der Waals surface area contributed by atoms with Gasteiger partial charge in [0.05, 0.1) is 7.11 Å². The fraction of sp³-hybridized carbons (Fsp3) is 0.250. The SMILES string of the molecule is COc1ccc(Br)c(CC(C)(N)c2ccc(Br)cc2)c1. The van der Waals surface area contributed by atoms with E-state index in [0.29, 0.717) is 0 Å². The van der Waals surface area contributed by atoms with Gasteiger partial charge in [0, 0.05) is 14.5 Å². The van der Waals surface area contributed by atoms with Gasteiger partial charge in [-0.1, -0.05) is 44.0 Å². The minimum atomic E-state index is -0.435. The zero-order chi connectivity index (χ0) is 14.8. The summed E-state index contributed by atoms with van der Waals surface area (Å²) in [6.45, 7) is 2.04. The molecule has 0 bridgehead atoms. The third kappa shape index (κ3) is 3.62. The highest BCUT2D eigenvalue weighted by Gasteiger charge is 2.23. The van der Waals surface area contributed by atoms with E-state index in [9.17, 15) is 0 Å². The van der Waals surface area contributed by atoms with Crippen LogP contribution in [0, 0.1) is 0 Å². The molecule has 20 heavy (non-hydrogen) atoms. The minimum Gasteiger partial charge on any atom is -0.497 e. The molecule has 2 rings (SSSR count). The molecule has 0 spiro atoms. The Morgan fingerprint density at radius 2 is 1.75 bits per heavy atom. The van der Waals surface area contributed by atoms with Crippen molar-refractivity contribution in [1.82, 2.24) is 0 Å². The van der Waals surface area contributed by atoms with Crippen molar-refractivity contribution < 1.29 is 4.74 Å². The van der Waals surface area contributed by atoms with Gasteiger partial charge in [-0.05, 0) is 54.8 Å². The summed E-state index contributed by atoms with van der Waals surface area (Å²) in [4.78, 5) is 0. The minimum absolute atomic E-state index is 0.435. The maximum Gasteiger partial charge on any atom is 0.119 e. The van der Waals surface area contributed by atoms with Gasteiger partial charge in [0.2, 0.25) is 0 Å². The molecule has 0 aromatic heterocycles. The van der Waals surface area contributed by atoms with Crippen LogP contribution >= 0.6 is 31.9 Å². The molecular weight excluding hydrogens is 382 g/mol. The number of methoxy groups -OCH3 is 1. The molecule has 0 radical (unpaired) electrons. The number of hydrogen-bond donors (Lipinski definition) is 1. The van der Waals surface area contributed by atoms with Gasteiger partial charge in [-0.3, -0.25) is 0 Å². The monoisotopic (exact) mass is 397 g/mol. The van der Waals surface area contributed by atoms with Crippen LogP contribution in [-0.2, 0) is 12.0 Å². The fourth-order valence-corrected chi connectivity index (χ4v) is 2.79. The second-order valence-corrected chi connectivity index (χ2v) is 6.83. The first-order chi connectivity index (χ1) is 9.42. The Morgan fingerprint density at radius 1 is 1.10 bits per heavy atom. The number of benzene rings is 2. The summed E-state index contributed by atoms with van der Waals surface area (Å²) >= 11 is 7.02. The highest BCUT2D eigenvalue weighted by atomic mass is 79.9.